The molecule has 4 aromatic rings. The number of anilines is 2. The van der Waals surface area contributed by atoms with Crippen molar-refractivity contribution >= 4 is 50.1 Å². The van der Waals surface area contributed by atoms with E-state index in [4.69, 9.17) is 16.6 Å². The fourth-order valence-corrected chi connectivity index (χ4v) is 5.79. The molecule has 2 N–H and O–H groups in total. The number of carbonyl (C=O) groups is 1. The number of carbonyl (C=O) groups excluding carboxylic acids is 1. The summed E-state index contributed by atoms with van der Waals surface area (Å²) in [6, 6.07) is 6.81. The Hall–Kier alpha value is -3.81. The summed E-state index contributed by atoms with van der Waals surface area (Å²) < 4.78 is 55.3. The minimum atomic E-state index is -4.46. The van der Waals surface area contributed by atoms with Gasteiger partial charge in [0.1, 0.15) is 28.4 Å². The van der Waals surface area contributed by atoms with Crippen LogP contribution in [-0.2, 0) is 14.8 Å². The average molecular weight is 574 g/mol. The molecule has 1 amide bonds. The number of amides is 1. The summed E-state index contributed by atoms with van der Waals surface area (Å²) in [6.45, 7) is 3.02. The molecule has 5 rings (SSSR count). The van der Waals surface area contributed by atoms with Gasteiger partial charge in [-0.2, -0.15) is 0 Å². The minimum absolute atomic E-state index is 0.0580. The van der Waals surface area contributed by atoms with E-state index < -0.39 is 26.6 Å². The zero-order valence-corrected chi connectivity index (χ0v) is 22.1. The highest BCUT2D eigenvalue weighted by atomic mass is 35.5. The van der Waals surface area contributed by atoms with Crippen LogP contribution in [0.3, 0.4) is 0 Å². The van der Waals surface area contributed by atoms with E-state index in [1.807, 2.05) is 0 Å². The first-order valence-corrected chi connectivity index (χ1v) is 13.8. The molecule has 0 saturated carbocycles. The lowest BCUT2D eigenvalue weighted by Crippen LogP contribution is -2.46. The van der Waals surface area contributed by atoms with Crippen molar-refractivity contribution in [3.8, 4) is 11.3 Å². The predicted molar refractivity (Wildman–Crippen MR) is 142 cm³/mol. The highest BCUT2D eigenvalue weighted by Gasteiger charge is 2.28. The molecule has 0 radical (unpaired) electrons. The molecule has 39 heavy (non-hydrogen) atoms. The van der Waals surface area contributed by atoms with E-state index in [1.54, 1.807) is 17.0 Å². The number of fused-ring (bicyclic) bond motifs is 1. The van der Waals surface area contributed by atoms with Gasteiger partial charge in [0, 0.05) is 30.8 Å². The summed E-state index contributed by atoms with van der Waals surface area (Å²) >= 11 is 6.14. The molecule has 3 aromatic heterocycles. The fourth-order valence-electron chi connectivity index (χ4n) is 4.46. The topological polar surface area (TPSA) is 130 Å². The van der Waals surface area contributed by atoms with Crippen LogP contribution in [0.5, 0.6) is 0 Å². The van der Waals surface area contributed by atoms with Gasteiger partial charge in [0.05, 0.1) is 16.9 Å². The molecule has 0 unspecified atom stereocenters. The molecule has 4 heterocycles. The van der Waals surface area contributed by atoms with Gasteiger partial charge < -0.3 is 5.32 Å². The molecule has 202 valence electrons. The number of hydrogen-bond donors (Lipinski definition) is 2. The third-order valence-corrected chi connectivity index (χ3v) is 7.97. The van der Waals surface area contributed by atoms with E-state index in [2.05, 4.69) is 25.0 Å². The maximum absolute atomic E-state index is 14.2. The number of halogens is 3. The van der Waals surface area contributed by atoms with E-state index in [-0.39, 0.29) is 22.8 Å². The molecule has 1 aromatic carbocycles. The standard InChI is InChI=1S/C25H22ClF2N7O3S/c1-14(36)35(17-6-8-29-9-7-17)25-23-20(31-13-32-25)4-3-19(33-23)15-10-21(24(26)30-12-15)34-39(37,38)22-5-2-16(27)11-18(22)28/h2-5,10-13,17,29,34H,6-9H2,1H3. The molecule has 0 spiro atoms. The summed E-state index contributed by atoms with van der Waals surface area (Å²) in [5.41, 5.74) is 1.52. The number of rotatable bonds is 6. The lowest BCUT2D eigenvalue weighted by molar-refractivity contribution is -0.117. The normalized spacial score (nSPS) is 14.4. The lowest BCUT2D eigenvalue weighted by Gasteiger charge is -2.33. The molecule has 1 aliphatic rings. The van der Waals surface area contributed by atoms with Gasteiger partial charge >= 0.3 is 0 Å². The van der Waals surface area contributed by atoms with Crippen LogP contribution in [0.4, 0.5) is 20.3 Å². The van der Waals surface area contributed by atoms with E-state index in [0.717, 1.165) is 38.1 Å². The average Bonchev–Trinajstić information content (AvgIpc) is 2.90. The number of nitrogens with zero attached hydrogens (tertiary/aromatic N) is 5. The molecule has 14 heteroatoms. The second-order valence-electron chi connectivity index (χ2n) is 8.87. The maximum Gasteiger partial charge on any atom is 0.264 e. The Morgan fingerprint density at radius 3 is 2.59 bits per heavy atom. The Bertz CT molecular complexity index is 1680. The van der Waals surface area contributed by atoms with E-state index in [0.29, 0.717) is 34.2 Å². The Morgan fingerprint density at radius 2 is 1.87 bits per heavy atom. The molecular weight excluding hydrogens is 552 g/mol. The van der Waals surface area contributed by atoms with Crippen molar-refractivity contribution < 1.29 is 22.0 Å². The van der Waals surface area contributed by atoms with Gasteiger partial charge in [-0.15, -0.1) is 0 Å². The second-order valence-corrected chi connectivity index (χ2v) is 10.9. The van der Waals surface area contributed by atoms with Crippen molar-refractivity contribution in [3.05, 3.63) is 65.7 Å². The Balaban J connectivity index is 1.54. The monoisotopic (exact) mass is 573 g/mol. The number of hydrogen-bond acceptors (Lipinski definition) is 8. The third kappa shape index (κ3) is 5.51. The van der Waals surface area contributed by atoms with Gasteiger partial charge in [0.2, 0.25) is 5.91 Å². The number of sulfonamides is 1. The molecule has 0 atom stereocenters. The second kappa shape index (κ2) is 10.8. The quantitative estimate of drug-likeness (QED) is 0.332. The number of aromatic nitrogens is 4. The van der Waals surface area contributed by atoms with Gasteiger partial charge in [0.15, 0.2) is 11.0 Å². The summed E-state index contributed by atoms with van der Waals surface area (Å²) in [6.07, 6.45) is 4.28. The zero-order chi connectivity index (χ0) is 27.7. The molecular formula is C25H22ClF2N7O3S. The number of pyridine rings is 2. The van der Waals surface area contributed by atoms with Crippen LogP contribution in [0, 0.1) is 11.6 Å². The molecule has 0 aliphatic carbocycles. The van der Waals surface area contributed by atoms with Crippen molar-refractivity contribution in [3.63, 3.8) is 0 Å². The molecule has 1 fully saturated rings. The summed E-state index contributed by atoms with van der Waals surface area (Å²) in [7, 11) is -4.46. The highest BCUT2D eigenvalue weighted by Crippen LogP contribution is 2.31. The van der Waals surface area contributed by atoms with Crippen molar-refractivity contribution in [2.24, 2.45) is 0 Å². The van der Waals surface area contributed by atoms with E-state index >= 15 is 0 Å². The SMILES string of the molecule is CC(=O)N(c1ncnc2ccc(-c3cnc(Cl)c(NS(=O)(=O)c4ccc(F)cc4F)c3)nc12)C1CCNCC1. The largest absolute Gasteiger partial charge is 0.317 e. The first-order valence-electron chi connectivity index (χ1n) is 11.9. The fraction of sp³-hybridized carbons (Fsp3) is 0.240. The van der Waals surface area contributed by atoms with Crippen LogP contribution in [0.2, 0.25) is 5.15 Å². The van der Waals surface area contributed by atoms with Crippen molar-refractivity contribution in [2.75, 3.05) is 22.7 Å². The van der Waals surface area contributed by atoms with Gasteiger partial charge in [0.25, 0.3) is 10.0 Å². The van der Waals surface area contributed by atoms with Gasteiger partial charge in [-0.3, -0.25) is 14.4 Å². The van der Waals surface area contributed by atoms with Crippen LogP contribution in [-0.4, -0.2) is 53.4 Å². The Morgan fingerprint density at radius 1 is 1.10 bits per heavy atom. The molecule has 1 saturated heterocycles. The minimum Gasteiger partial charge on any atom is -0.317 e. The van der Waals surface area contributed by atoms with Gasteiger partial charge in [-0.1, -0.05) is 11.6 Å². The van der Waals surface area contributed by atoms with Crippen molar-refractivity contribution in [2.45, 2.75) is 30.7 Å². The van der Waals surface area contributed by atoms with Crippen molar-refractivity contribution in [1.29, 1.82) is 0 Å². The van der Waals surface area contributed by atoms with Crippen LogP contribution in [0.1, 0.15) is 19.8 Å². The van der Waals surface area contributed by atoms with Crippen LogP contribution < -0.4 is 14.9 Å². The lowest BCUT2D eigenvalue weighted by atomic mass is 10.0. The van der Waals surface area contributed by atoms with Gasteiger partial charge in [-0.25, -0.2) is 37.1 Å². The smallest absolute Gasteiger partial charge is 0.264 e. The molecule has 10 nitrogen and oxygen atoms in total. The summed E-state index contributed by atoms with van der Waals surface area (Å²) in [5.74, 6) is -1.97. The maximum atomic E-state index is 14.2. The first-order chi connectivity index (χ1) is 18.6. The number of benzene rings is 1. The highest BCUT2D eigenvalue weighted by molar-refractivity contribution is 7.92. The van der Waals surface area contributed by atoms with E-state index in [9.17, 15) is 22.0 Å². The number of nitrogens with one attached hydrogen (secondary N) is 2. The first kappa shape index (κ1) is 26.8. The van der Waals surface area contributed by atoms with Crippen LogP contribution in [0.25, 0.3) is 22.3 Å². The van der Waals surface area contributed by atoms with Gasteiger partial charge in [-0.05, 0) is 56.3 Å². The Labute approximate surface area is 227 Å². The molecule has 0 bridgehead atoms. The van der Waals surface area contributed by atoms with Crippen LogP contribution >= 0.6 is 11.6 Å². The summed E-state index contributed by atoms with van der Waals surface area (Å²) in [4.78, 5) is 31.0. The zero-order valence-electron chi connectivity index (χ0n) is 20.5. The van der Waals surface area contributed by atoms with Crippen LogP contribution in [0.15, 0.2) is 53.8 Å². The third-order valence-electron chi connectivity index (χ3n) is 6.27. The molecule has 1 aliphatic heterocycles. The summed E-state index contributed by atoms with van der Waals surface area (Å²) in [5, 5.41) is 3.09. The number of piperidine rings is 1. The van der Waals surface area contributed by atoms with Crippen molar-refractivity contribution in [1.82, 2.24) is 25.3 Å². The Kier molecular flexibility index (Phi) is 7.38. The van der Waals surface area contributed by atoms with E-state index in [1.165, 1.54) is 25.5 Å². The predicted octanol–water partition coefficient (Wildman–Crippen LogP) is 3.92.